The number of imidazole rings is 1. The zero-order valence-corrected chi connectivity index (χ0v) is 22.8. The summed E-state index contributed by atoms with van der Waals surface area (Å²) in [6, 6.07) is 16.4. The molecule has 0 aliphatic carbocycles. The van der Waals surface area contributed by atoms with E-state index in [0.29, 0.717) is 35.9 Å². The number of primary sulfonamides is 1. The van der Waals surface area contributed by atoms with Crippen LogP contribution >= 0.6 is 0 Å². The monoisotopic (exact) mass is 562 g/mol. The van der Waals surface area contributed by atoms with Crippen molar-refractivity contribution in [1.82, 2.24) is 30.2 Å². The average Bonchev–Trinajstić information content (AvgIpc) is 3.56. The number of ether oxygens (including phenoxy) is 1. The molecule has 0 unspecified atom stereocenters. The van der Waals surface area contributed by atoms with Crippen LogP contribution in [-0.2, 0) is 23.0 Å². The standard InChI is InChI=1S/C27H30N8O4S/c1-2-35-25-21(38-16-6-14-30-15-13-18-9-11-20(12-10-18)40(29,36)37)17-31-22(19-7-4-3-5-8-19)23(25)32-27(35)24-26(28)34-39-33-24/h3-5,7-12,17,30H,2,6,13-16H2,1H3,(H2,28,34)(H2,29,36,37). The minimum atomic E-state index is -3.68. The molecule has 5 aromatic rings. The lowest BCUT2D eigenvalue weighted by atomic mass is 10.1. The SMILES string of the molecule is CCn1c(-c2nonc2N)nc2c(-c3ccccc3)ncc(OCCCNCCc3ccc(S(N)(=O)=O)cc3)c21. The Balaban J connectivity index is 1.27. The van der Waals surface area contributed by atoms with Gasteiger partial charge in [0.25, 0.3) is 0 Å². The summed E-state index contributed by atoms with van der Waals surface area (Å²) in [7, 11) is -3.68. The van der Waals surface area contributed by atoms with Crippen LogP contribution in [0.15, 0.2) is 70.3 Å². The number of hydrogen-bond donors (Lipinski definition) is 3. The van der Waals surface area contributed by atoms with Crippen LogP contribution < -0.4 is 20.9 Å². The molecule has 0 saturated heterocycles. The third-order valence-corrected chi connectivity index (χ3v) is 7.35. The maximum atomic E-state index is 11.4. The molecule has 0 fully saturated rings. The molecule has 40 heavy (non-hydrogen) atoms. The van der Waals surface area contributed by atoms with E-state index >= 15 is 0 Å². The number of hydrogen-bond acceptors (Lipinski definition) is 10. The van der Waals surface area contributed by atoms with Crippen molar-refractivity contribution in [2.24, 2.45) is 5.14 Å². The number of nitrogens with two attached hydrogens (primary N) is 2. The highest BCUT2D eigenvalue weighted by Gasteiger charge is 2.24. The normalized spacial score (nSPS) is 11.8. The number of aromatic nitrogens is 5. The predicted octanol–water partition coefficient (Wildman–Crippen LogP) is 3.00. The second-order valence-electron chi connectivity index (χ2n) is 9.10. The van der Waals surface area contributed by atoms with Crippen LogP contribution in [0.25, 0.3) is 33.8 Å². The molecule has 208 valence electrons. The molecule has 12 nitrogen and oxygen atoms in total. The molecular formula is C27H30N8O4S. The first kappa shape index (κ1) is 27.2. The van der Waals surface area contributed by atoms with Gasteiger partial charge in [-0.15, -0.1) is 0 Å². The van der Waals surface area contributed by atoms with Crippen LogP contribution in [0.3, 0.4) is 0 Å². The molecule has 5 rings (SSSR count). The quantitative estimate of drug-likeness (QED) is 0.192. The van der Waals surface area contributed by atoms with Crippen molar-refractivity contribution >= 4 is 26.9 Å². The Kier molecular flexibility index (Phi) is 8.05. The molecule has 0 spiro atoms. The smallest absolute Gasteiger partial charge is 0.238 e. The Morgan fingerprint density at radius 3 is 2.48 bits per heavy atom. The van der Waals surface area contributed by atoms with Crippen molar-refractivity contribution in [2.45, 2.75) is 31.2 Å². The third-order valence-electron chi connectivity index (χ3n) is 6.42. The van der Waals surface area contributed by atoms with Crippen molar-refractivity contribution in [3.05, 3.63) is 66.4 Å². The Morgan fingerprint density at radius 1 is 1.02 bits per heavy atom. The molecule has 0 atom stereocenters. The Bertz CT molecular complexity index is 1700. The lowest BCUT2D eigenvalue weighted by molar-refractivity contribution is 0.309. The number of rotatable bonds is 12. The fourth-order valence-corrected chi connectivity index (χ4v) is 4.96. The molecule has 2 aromatic carbocycles. The number of nitrogen functional groups attached to an aromatic ring is 1. The van der Waals surface area contributed by atoms with Gasteiger partial charge in [0.2, 0.25) is 10.0 Å². The van der Waals surface area contributed by atoms with Crippen molar-refractivity contribution in [1.29, 1.82) is 0 Å². The number of nitrogens with one attached hydrogen (secondary N) is 1. The minimum Gasteiger partial charge on any atom is -0.490 e. The summed E-state index contributed by atoms with van der Waals surface area (Å²) in [5, 5.41) is 16.2. The summed E-state index contributed by atoms with van der Waals surface area (Å²) in [6.07, 6.45) is 3.25. The zero-order valence-electron chi connectivity index (χ0n) is 21.9. The van der Waals surface area contributed by atoms with Gasteiger partial charge in [-0.05, 0) is 60.9 Å². The summed E-state index contributed by atoms with van der Waals surface area (Å²) in [6.45, 7) is 4.55. The van der Waals surface area contributed by atoms with Gasteiger partial charge in [-0.1, -0.05) is 42.5 Å². The first-order valence-corrected chi connectivity index (χ1v) is 14.4. The van der Waals surface area contributed by atoms with E-state index in [0.717, 1.165) is 48.3 Å². The van der Waals surface area contributed by atoms with Gasteiger partial charge in [0.1, 0.15) is 11.0 Å². The number of anilines is 1. The highest BCUT2D eigenvalue weighted by Crippen LogP contribution is 2.36. The summed E-state index contributed by atoms with van der Waals surface area (Å²) >= 11 is 0. The molecule has 0 aliphatic rings. The van der Waals surface area contributed by atoms with Gasteiger partial charge in [-0.25, -0.2) is 28.2 Å². The summed E-state index contributed by atoms with van der Waals surface area (Å²) in [5.41, 5.74) is 10.5. The Morgan fingerprint density at radius 2 is 1.80 bits per heavy atom. The summed E-state index contributed by atoms with van der Waals surface area (Å²) in [5.74, 6) is 1.30. The fraction of sp³-hybridized carbons (Fsp3) is 0.259. The molecule has 3 aromatic heterocycles. The largest absolute Gasteiger partial charge is 0.490 e. The second kappa shape index (κ2) is 11.8. The lowest BCUT2D eigenvalue weighted by Crippen LogP contribution is -2.20. The van der Waals surface area contributed by atoms with Crippen LogP contribution in [0.1, 0.15) is 18.9 Å². The van der Waals surface area contributed by atoms with Crippen molar-refractivity contribution in [3.8, 4) is 28.5 Å². The Hall–Kier alpha value is -4.33. The van der Waals surface area contributed by atoms with Crippen LogP contribution in [0.5, 0.6) is 5.75 Å². The summed E-state index contributed by atoms with van der Waals surface area (Å²) in [4.78, 5) is 9.68. The second-order valence-corrected chi connectivity index (χ2v) is 10.7. The van der Waals surface area contributed by atoms with E-state index in [1.807, 2.05) is 41.8 Å². The van der Waals surface area contributed by atoms with Gasteiger partial charge in [-0.3, -0.25) is 0 Å². The van der Waals surface area contributed by atoms with Gasteiger partial charge in [0.05, 0.1) is 23.4 Å². The Labute approximate surface area is 231 Å². The molecule has 0 bridgehead atoms. The third kappa shape index (κ3) is 5.81. The van der Waals surface area contributed by atoms with E-state index in [9.17, 15) is 8.42 Å². The van der Waals surface area contributed by atoms with Crippen LogP contribution in [0, 0.1) is 0 Å². The number of aryl methyl sites for hydroxylation is 1. The number of pyridine rings is 1. The summed E-state index contributed by atoms with van der Waals surface area (Å²) < 4.78 is 35.8. The van der Waals surface area contributed by atoms with Gasteiger partial charge < -0.3 is 20.4 Å². The van der Waals surface area contributed by atoms with Crippen LogP contribution in [0.4, 0.5) is 5.82 Å². The van der Waals surface area contributed by atoms with E-state index in [2.05, 4.69) is 15.6 Å². The number of fused-ring (bicyclic) bond motifs is 1. The van der Waals surface area contributed by atoms with E-state index in [-0.39, 0.29) is 10.7 Å². The first-order chi connectivity index (χ1) is 19.4. The van der Waals surface area contributed by atoms with Crippen LogP contribution in [0.2, 0.25) is 0 Å². The molecule has 0 amide bonds. The highest BCUT2D eigenvalue weighted by atomic mass is 32.2. The van der Waals surface area contributed by atoms with E-state index in [1.165, 1.54) is 12.1 Å². The van der Waals surface area contributed by atoms with Crippen molar-refractivity contribution < 1.29 is 17.8 Å². The van der Waals surface area contributed by atoms with E-state index in [4.69, 9.17) is 30.2 Å². The fourth-order valence-electron chi connectivity index (χ4n) is 4.45. The number of benzene rings is 2. The topological polar surface area (TPSA) is 177 Å². The van der Waals surface area contributed by atoms with Gasteiger partial charge in [0, 0.05) is 12.1 Å². The molecular weight excluding hydrogens is 532 g/mol. The average molecular weight is 563 g/mol. The first-order valence-electron chi connectivity index (χ1n) is 12.8. The number of sulfonamides is 1. The van der Waals surface area contributed by atoms with Crippen LogP contribution in [-0.4, -0.2) is 53.0 Å². The maximum Gasteiger partial charge on any atom is 0.238 e. The van der Waals surface area contributed by atoms with Crippen molar-refractivity contribution in [3.63, 3.8) is 0 Å². The molecule has 5 N–H and O–H groups in total. The molecule has 13 heteroatoms. The predicted molar refractivity (Wildman–Crippen MR) is 151 cm³/mol. The van der Waals surface area contributed by atoms with Gasteiger partial charge in [0.15, 0.2) is 23.1 Å². The van der Waals surface area contributed by atoms with Gasteiger partial charge in [-0.2, -0.15) is 0 Å². The minimum absolute atomic E-state index is 0.111. The highest BCUT2D eigenvalue weighted by molar-refractivity contribution is 7.89. The molecule has 0 radical (unpaired) electrons. The van der Waals surface area contributed by atoms with Crippen molar-refractivity contribution in [2.75, 3.05) is 25.4 Å². The maximum absolute atomic E-state index is 11.4. The lowest BCUT2D eigenvalue weighted by Gasteiger charge is -2.12. The van der Waals surface area contributed by atoms with E-state index in [1.54, 1.807) is 18.3 Å². The van der Waals surface area contributed by atoms with Gasteiger partial charge >= 0.3 is 0 Å². The molecule has 3 heterocycles. The van der Waals surface area contributed by atoms with E-state index < -0.39 is 10.0 Å². The molecule has 0 saturated carbocycles. The zero-order chi connectivity index (χ0) is 28.1. The molecule has 0 aliphatic heterocycles. The number of nitrogens with zero attached hydrogens (tertiary/aromatic N) is 5.